The third kappa shape index (κ3) is 4.60. The Kier molecular flexibility index (Phi) is 7.18. The van der Waals surface area contributed by atoms with Crippen LogP contribution in [0, 0.1) is 0 Å². The van der Waals surface area contributed by atoms with Gasteiger partial charge in [0, 0.05) is 30.6 Å². The van der Waals surface area contributed by atoms with Gasteiger partial charge in [-0.15, -0.1) is 24.0 Å². The number of guanidine groups is 1. The zero-order chi connectivity index (χ0) is 18.5. The predicted molar refractivity (Wildman–Crippen MR) is 123 cm³/mol. The average molecular weight is 493 g/mol. The van der Waals surface area contributed by atoms with Gasteiger partial charge in [-0.3, -0.25) is 4.99 Å². The van der Waals surface area contributed by atoms with Crippen molar-refractivity contribution in [1.29, 1.82) is 0 Å². The number of fused-ring (bicyclic) bond motifs is 1. The van der Waals surface area contributed by atoms with Gasteiger partial charge in [0.25, 0.3) is 0 Å². The van der Waals surface area contributed by atoms with Crippen molar-refractivity contribution < 1.29 is 9.47 Å². The summed E-state index contributed by atoms with van der Waals surface area (Å²) in [5.74, 6) is 1.43. The number of aliphatic imine (C=N–C) groups is 1. The largest absolute Gasteiger partial charge is 0.493 e. The Morgan fingerprint density at radius 3 is 2.54 bits per heavy atom. The number of nitrogens with two attached hydrogens (primary N) is 1. The number of benzene rings is 2. The van der Waals surface area contributed by atoms with Crippen LogP contribution in [0.2, 0.25) is 0 Å². The summed E-state index contributed by atoms with van der Waals surface area (Å²) >= 11 is 0. The third-order valence-electron chi connectivity index (χ3n) is 5.67. The lowest BCUT2D eigenvalue weighted by molar-refractivity contribution is 0.0531. The van der Waals surface area contributed by atoms with Crippen LogP contribution in [0.5, 0.6) is 5.75 Å². The number of halogens is 1. The molecule has 0 saturated carbocycles. The highest BCUT2D eigenvalue weighted by molar-refractivity contribution is 14.0. The van der Waals surface area contributed by atoms with Crippen LogP contribution >= 0.6 is 24.0 Å². The molecule has 5 nitrogen and oxygen atoms in total. The lowest BCUT2D eigenvalue weighted by atomic mass is 9.74. The van der Waals surface area contributed by atoms with E-state index in [1.165, 1.54) is 5.56 Å². The fourth-order valence-corrected chi connectivity index (χ4v) is 4.04. The van der Waals surface area contributed by atoms with E-state index < -0.39 is 0 Å². The summed E-state index contributed by atoms with van der Waals surface area (Å²) in [6, 6.07) is 18.9. The molecule has 2 aromatic rings. The summed E-state index contributed by atoms with van der Waals surface area (Å²) in [6.45, 7) is 2.90. The van der Waals surface area contributed by atoms with E-state index >= 15 is 0 Å². The molecule has 2 heterocycles. The van der Waals surface area contributed by atoms with E-state index in [1.54, 1.807) is 0 Å². The molecule has 0 bridgehead atoms. The number of para-hydroxylation sites is 1. The Morgan fingerprint density at radius 1 is 1.04 bits per heavy atom. The highest BCUT2D eigenvalue weighted by Crippen LogP contribution is 2.35. The van der Waals surface area contributed by atoms with Gasteiger partial charge in [0.2, 0.25) is 0 Å². The Labute approximate surface area is 183 Å². The molecule has 1 saturated heterocycles. The van der Waals surface area contributed by atoms with Gasteiger partial charge in [0.15, 0.2) is 5.96 Å². The maximum Gasteiger partial charge on any atom is 0.189 e. The molecule has 1 fully saturated rings. The third-order valence-corrected chi connectivity index (χ3v) is 5.67. The minimum Gasteiger partial charge on any atom is -0.493 e. The van der Waals surface area contributed by atoms with Crippen LogP contribution in [0.15, 0.2) is 59.6 Å². The molecule has 6 heteroatoms. The van der Waals surface area contributed by atoms with E-state index in [0.29, 0.717) is 19.1 Å². The van der Waals surface area contributed by atoms with Crippen LogP contribution in [0.4, 0.5) is 0 Å². The standard InChI is InChI=1S/C22H27N3O2.HI/c23-21(25-19-10-13-27-20-9-5-4-8-18(19)20)24-16-22(11-14-26-15-12-22)17-6-2-1-3-7-17;/h1-9,19H,10-16H2,(H3,23,24,25);1H. The van der Waals surface area contributed by atoms with Crippen LogP contribution in [-0.2, 0) is 10.2 Å². The molecule has 4 rings (SSSR count). The zero-order valence-corrected chi connectivity index (χ0v) is 18.3. The number of nitrogens with one attached hydrogen (secondary N) is 1. The summed E-state index contributed by atoms with van der Waals surface area (Å²) < 4.78 is 11.3. The zero-order valence-electron chi connectivity index (χ0n) is 16.0. The topological polar surface area (TPSA) is 68.9 Å². The summed E-state index contributed by atoms with van der Waals surface area (Å²) in [7, 11) is 0. The summed E-state index contributed by atoms with van der Waals surface area (Å²) in [6.07, 6.45) is 2.81. The molecule has 0 aromatic heterocycles. The molecule has 2 aliphatic rings. The molecule has 0 spiro atoms. The van der Waals surface area contributed by atoms with Crippen molar-refractivity contribution in [3.05, 3.63) is 65.7 Å². The number of hydrogen-bond donors (Lipinski definition) is 2. The second-order valence-electron chi connectivity index (χ2n) is 7.33. The molecule has 0 radical (unpaired) electrons. The van der Waals surface area contributed by atoms with Gasteiger partial charge < -0.3 is 20.5 Å². The molecule has 0 aliphatic carbocycles. The maximum atomic E-state index is 6.28. The Morgan fingerprint density at radius 2 is 1.75 bits per heavy atom. The van der Waals surface area contributed by atoms with Gasteiger partial charge in [-0.2, -0.15) is 0 Å². The average Bonchev–Trinajstić information content (AvgIpc) is 2.74. The van der Waals surface area contributed by atoms with Crippen LogP contribution in [0.3, 0.4) is 0 Å². The maximum absolute atomic E-state index is 6.28. The first kappa shape index (κ1) is 20.9. The molecular weight excluding hydrogens is 465 g/mol. The highest BCUT2D eigenvalue weighted by atomic mass is 127. The minimum absolute atomic E-state index is 0. The molecule has 1 unspecified atom stereocenters. The second kappa shape index (κ2) is 9.60. The number of hydrogen-bond acceptors (Lipinski definition) is 3. The summed E-state index contributed by atoms with van der Waals surface area (Å²) in [5, 5.41) is 3.40. The first-order chi connectivity index (χ1) is 13.3. The second-order valence-corrected chi connectivity index (χ2v) is 7.33. The summed E-state index contributed by atoms with van der Waals surface area (Å²) in [4.78, 5) is 4.75. The van der Waals surface area contributed by atoms with E-state index in [9.17, 15) is 0 Å². The van der Waals surface area contributed by atoms with E-state index in [2.05, 4.69) is 41.7 Å². The fraction of sp³-hybridized carbons (Fsp3) is 0.409. The molecule has 28 heavy (non-hydrogen) atoms. The van der Waals surface area contributed by atoms with Gasteiger partial charge in [-0.25, -0.2) is 0 Å². The first-order valence-electron chi connectivity index (χ1n) is 9.68. The van der Waals surface area contributed by atoms with Crippen molar-refractivity contribution in [2.24, 2.45) is 10.7 Å². The SMILES string of the molecule is I.NC(=NCC1(c2ccccc2)CCOCC1)NC1CCOc2ccccc21. The van der Waals surface area contributed by atoms with Crippen molar-refractivity contribution >= 4 is 29.9 Å². The fourth-order valence-electron chi connectivity index (χ4n) is 4.04. The first-order valence-corrected chi connectivity index (χ1v) is 9.68. The van der Waals surface area contributed by atoms with Gasteiger partial charge in [0.1, 0.15) is 5.75 Å². The van der Waals surface area contributed by atoms with Gasteiger partial charge >= 0.3 is 0 Å². The van der Waals surface area contributed by atoms with Crippen molar-refractivity contribution in [3.63, 3.8) is 0 Å². The van der Waals surface area contributed by atoms with Crippen molar-refractivity contribution in [2.45, 2.75) is 30.7 Å². The quantitative estimate of drug-likeness (QED) is 0.387. The molecule has 150 valence electrons. The van der Waals surface area contributed by atoms with Crippen LogP contribution in [0.25, 0.3) is 0 Å². The van der Waals surface area contributed by atoms with E-state index in [4.69, 9.17) is 20.2 Å². The molecular formula is C22H28IN3O2. The van der Waals surface area contributed by atoms with Crippen LogP contribution in [-0.4, -0.2) is 32.3 Å². The van der Waals surface area contributed by atoms with E-state index in [0.717, 1.165) is 43.8 Å². The monoisotopic (exact) mass is 493 g/mol. The molecule has 3 N–H and O–H groups in total. The Hall–Kier alpha value is -1.80. The van der Waals surface area contributed by atoms with Gasteiger partial charge in [0.05, 0.1) is 19.2 Å². The normalized spacial score (nSPS) is 21.0. The molecule has 0 amide bonds. The van der Waals surface area contributed by atoms with E-state index in [-0.39, 0.29) is 35.4 Å². The van der Waals surface area contributed by atoms with E-state index in [1.807, 2.05) is 18.2 Å². The molecule has 2 aliphatic heterocycles. The lowest BCUT2D eigenvalue weighted by Gasteiger charge is -2.36. The van der Waals surface area contributed by atoms with Crippen LogP contribution < -0.4 is 15.8 Å². The highest BCUT2D eigenvalue weighted by Gasteiger charge is 2.34. The summed E-state index contributed by atoms with van der Waals surface area (Å²) in [5.41, 5.74) is 8.75. The molecule has 2 aromatic carbocycles. The minimum atomic E-state index is -0.000602. The van der Waals surface area contributed by atoms with Crippen LogP contribution in [0.1, 0.15) is 36.4 Å². The Balaban J connectivity index is 0.00000225. The van der Waals surface area contributed by atoms with Crippen molar-refractivity contribution in [2.75, 3.05) is 26.4 Å². The van der Waals surface area contributed by atoms with Gasteiger partial charge in [-0.05, 0) is 24.5 Å². The number of nitrogens with zero attached hydrogens (tertiary/aromatic N) is 1. The molecule has 1 atom stereocenters. The van der Waals surface area contributed by atoms with Crippen molar-refractivity contribution in [1.82, 2.24) is 5.32 Å². The van der Waals surface area contributed by atoms with Crippen molar-refractivity contribution in [3.8, 4) is 5.75 Å². The number of rotatable bonds is 4. The van der Waals surface area contributed by atoms with Gasteiger partial charge in [-0.1, -0.05) is 48.5 Å². The predicted octanol–water partition coefficient (Wildman–Crippen LogP) is 3.78. The smallest absolute Gasteiger partial charge is 0.189 e. The number of ether oxygens (including phenoxy) is 2. The lowest BCUT2D eigenvalue weighted by Crippen LogP contribution is -2.41. The Bertz CT molecular complexity index is 791.